The highest BCUT2D eigenvalue weighted by atomic mass is 16.2. The molecule has 0 aliphatic heterocycles. The summed E-state index contributed by atoms with van der Waals surface area (Å²) in [5.74, 6) is 4.52. The highest BCUT2D eigenvalue weighted by Crippen LogP contribution is 2.37. The van der Waals surface area contributed by atoms with Crippen LogP contribution in [-0.2, 0) is 16.0 Å². The van der Waals surface area contributed by atoms with E-state index in [0.717, 1.165) is 28.7 Å². The van der Waals surface area contributed by atoms with Crippen LogP contribution < -0.4 is 5.32 Å². The molecule has 0 saturated heterocycles. The Morgan fingerprint density at radius 2 is 2.07 bits per heavy atom. The number of ketones is 2. The SMILES string of the molecule is CC#Cc1cc(C)c(C2C(=O)CC(CCNC(=O)c3ccccn3)C2=O)c(CC)c1. The normalized spacial score (nSPS) is 18.1. The van der Waals surface area contributed by atoms with Crippen LogP contribution in [0.15, 0.2) is 36.5 Å². The van der Waals surface area contributed by atoms with Crippen molar-refractivity contribution in [2.75, 3.05) is 6.54 Å². The predicted molar refractivity (Wildman–Crippen MR) is 115 cm³/mol. The van der Waals surface area contributed by atoms with Gasteiger partial charge in [-0.15, -0.1) is 5.92 Å². The first-order chi connectivity index (χ1) is 14.5. The third kappa shape index (κ3) is 4.49. The van der Waals surface area contributed by atoms with E-state index < -0.39 is 5.92 Å². The number of hydrogen-bond donors (Lipinski definition) is 1. The van der Waals surface area contributed by atoms with E-state index in [1.807, 2.05) is 26.0 Å². The number of benzene rings is 1. The third-order valence-electron chi connectivity index (χ3n) is 5.54. The fourth-order valence-electron chi connectivity index (χ4n) is 4.14. The van der Waals surface area contributed by atoms with Gasteiger partial charge >= 0.3 is 0 Å². The molecule has 1 amide bonds. The molecule has 1 aromatic carbocycles. The zero-order chi connectivity index (χ0) is 21.7. The number of aryl methyl sites for hydroxylation is 2. The molecule has 30 heavy (non-hydrogen) atoms. The molecule has 5 nitrogen and oxygen atoms in total. The molecule has 1 aliphatic carbocycles. The van der Waals surface area contributed by atoms with Gasteiger partial charge in [0.25, 0.3) is 5.91 Å². The van der Waals surface area contributed by atoms with Crippen molar-refractivity contribution < 1.29 is 14.4 Å². The van der Waals surface area contributed by atoms with E-state index in [1.165, 1.54) is 0 Å². The smallest absolute Gasteiger partial charge is 0.269 e. The Labute approximate surface area is 177 Å². The largest absolute Gasteiger partial charge is 0.351 e. The molecule has 5 heteroatoms. The standard InChI is InChI=1S/C25H26N2O3/c1-4-8-17-13-16(3)22(18(5-2)14-17)23-21(28)15-19(24(23)29)10-12-27-25(30)20-9-6-7-11-26-20/h6-7,9,11,13-14,19,23H,5,10,12,15H2,1-3H3,(H,27,30). The number of Topliss-reactive ketones (excluding diaryl/α,β-unsaturated/α-hetero) is 2. The quantitative estimate of drug-likeness (QED) is 0.594. The van der Waals surface area contributed by atoms with Crippen LogP contribution >= 0.6 is 0 Å². The lowest BCUT2D eigenvalue weighted by molar-refractivity contribution is -0.124. The Morgan fingerprint density at radius 3 is 2.73 bits per heavy atom. The van der Waals surface area contributed by atoms with Crippen LogP contribution in [-0.4, -0.2) is 29.0 Å². The molecule has 154 valence electrons. The lowest BCUT2D eigenvalue weighted by Gasteiger charge is -2.17. The van der Waals surface area contributed by atoms with Gasteiger partial charge in [0.1, 0.15) is 17.4 Å². The molecule has 0 spiro atoms. The molecule has 1 aliphatic rings. The predicted octanol–water partition coefficient (Wildman–Crippen LogP) is 3.39. The van der Waals surface area contributed by atoms with E-state index in [9.17, 15) is 14.4 Å². The van der Waals surface area contributed by atoms with Crippen LogP contribution in [0.25, 0.3) is 0 Å². The second kappa shape index (κ2) is 9.49. The van der Waals surface area contributed by atoms with Gasteiger partial charge in [-0.1, -0.05) is 18.9 Å². The number of hydrogen-bond acceptors (Lipinski definition) is 4. The Morgan fingerprint density at radius 1 is 1.27 bits per heavy atom. The van der Waals surface area contributed by atoms with Gasteiger partial charge in [0.05, 0.1) is 0 Å². The van der Waals surface area contributed by atoms with E-state index in [0.29, 0.717) is 18.7 Å². The lowest BCUT2D eigenvalue weighted by Crippen LogP contribution is -2.27. The molecule has 1 aromatic heterocycles. The minimum atomic E-state index is -0.708. The van der Waals surface area contributed by atoms with E-state index in [4.69, 9.17) is 0 Å². The average molecular weight is 402 g/mol. The first-order valence-corrected chi connectivity index (χ1v) is 10.3. The first kappa shape index (κ1) is 21.4. The second-order valence-electron chi connectivity index (χ2n) is 7.56. The first-order valence-electron chi connectivity index (χ1n) is 10.3. The number of carbonyl (C=O) groups excluding carboxylic acids is 3. The van der Waals surface area contributed by atoms with Crippen LogP contribution in [0.4, 0.5) is 0 Å². The van der Waals surface area contributed by atoms with Crippen molar-refractivity contribution >= 4 is 17.5 Å². The molecule has 3 rings (SSSR count). The van der Waals surface area contributed by atoms with E-state index in [2.05, 4.69) is 22.1 Å². The summed E-state index contributed by atoms with van der Waals surface area (Å²) < 4.78 is 0. The molecule has 1 fully saturated rings. The molecule has 0 bridgehead atoms. The average Bonchev–Trinajstić information content (AvgIpc) is 3.01. The van der Waals surface area contributed by atoms with E-state index >= 15 is 0 Å². The van der Waals surface area contributed by atoms with Gasteiger partial charge in [-0.05, 0) is 67.6 Å². The molecule has 1 heterocycles. The van der Waals surface area contributed by atoms with Gasteiger partial charge in [-0.2, -0.15) is 0 Å². The number of nitrogens with zero attached hydrogens (tertiary/aromatic N) is 1. The Balaban J connectivity index is 1.72. The zero-order valence-electron chi connectivity index (χ0n) is 17.6. The minimum Gasteiger partial charge on any atom is -0.351 e. The summed E-state index contributed by atoms with van der Waals surface area (Å²) in [6, 6.07) is 9.06. The summed E-state index contributed by atoms with van der Waals surface area (Å²) in [4.78, 5) is 42.1. The fourth-order valence-corrected chi connectivity index (χ4v) is 4.14. The summed E-state index contributed by atoms with van der Waals surface area (Å²) >= 11 is 0. The van der Waals surface area contributed by atoms with Crippen molar-refractivity contribution in [3.05, 3.63) is 64.5 Å². The zero-order valence-corrected chi connectivity index (χ0v) is 17.6. The third-order valence-corrected chi connectivity index (χ3v) is 5.54. The number of rotatable bonds is 6. The number of amides is 1. The van der Waals surface area contributed by atoms with Crippen molar-refractivity contribution in [3.8, 4) is 11.8 Å². The van der Waals surface area contributed by atoms with Gasteiger partial charge < -0.3 is 5.32 Å². The van der Waals surface area contributed by atoms with Crippen molar-refractivity contribution in [2.24, 2.45) is 5.92 Å². The monoisotopic (exact) mass is 402 g/mol. The lowest BCUT2D eigenvalue weighted by atomic mass is 9.85. The minimum absolute atomic E-state index is 0.0341. The summed E-state index contributed by atoms with van der Waals surface area (Å²) in [6.45, 7) is 6.08. The summed E-state index contributed by atoms with van der Waals surface area (Å²) in [5, 5.41) is 2.79. The number of aromatic nitrogens is 1. The fraction of sp³-hybridized carbons (Fsp3) is 0.360. The number of carbonyl (C=O) groups is 3. The molecule has 2 atom stereocenters. The van der Waals surface area contributed by atoms with Crippen LogP contribution in [0.5, 0.6) is 0 Å². The van der Waals surface area contributed by atoms with Gasteiger partial charge in [0.2, 0.25) is 0 Å². The highest BCUT2D eigenvalue weighted by Gasteiger charge is 2.43. The summed E-state index contributed by atoms with van der Waals surface area (Å²) in [7, 11) is 0. The number of nitrogens with one attached hydrogen (secondary N) is 1. The van der Waals surface area contributed by atoms with Crippen LogP contribution in [0.3, 0.4) is 0 Å². The van der Waals surface area contributed by atoms with Crippen molar-refractivity contribution in [1.82, 2.24) is 10.3 Å². The Hall–Kier alpha value is -3.26. The molecular formula is C25H26N2O3. The topological polar surface area (TPSA) is 76.1 Å². The highest BCUT2D eigenvalue weighted by molar-refractivity contribution is 6.15. The van der Waals surface area contributed by atoms with Gasteiger partial charge in [0, 0.05) is 30.6 Å². The molecule has 1 saturated carbocycles. The van der Waals surface area contributed by atoms with E-state index in [1.54, 1.807) is 31.3 Å². The van der Waals surface area contributed by atoms with Crippen LogP contribution in [0.1, 0.15) is 65.3 Å². The van der Waals surface area contributed by atoms with Gasteiger partial charge in [-0.25, -0.2) is 0 Å². The Kier molecular flexibility index (Phi) is 6.79. The maximum absolute atomic E-state index is 13.1. The molecular weight excluding hydrogens is 376 g/mol. The second-order valence-corrected chi connectivity index (χ2v) is 7.56. The Bertz CT molecular complexity index is 1030. The molecule has 0 radical (unpaired) electrons. The number of pyridine rings is 1. The summed E-state index contributed by atoms with van der Waals surface area (Å²) in [6.07, 6.45) is 2.96. The maximum atomic E-state index is 13.1. The maximum Gasteiger partial charge on any atom is 0.269 e. The van der Waals surface area contributed by atoms with Gasteiger partial charge in [0.15, 0.2) is 5.78 Å². The molecule has 2 unspecified atom stereocenters. The molecule has 2 aromatic rings. The van der Waals surface area contributed by atoms with Gasteiger partial charge in [-0.3, -0.25) is 19.4 Å². The van der Waals surface area contributed by atoms with Crippen molar-refractivity contribution in [1.29, 1.82) is 0 Å². The summed E-state index contributed by atoms with van der Waals surface area (Å²) in [5.41, 5.74) is 4.02. The van der Waals surface area contributed by atoms with Crippen LogP contribution in [0.2, 0.25) is 0 Å². The van der Waals surface area contributed by atoms with Crippen LogP contribution in [0, 0.1) is 24.7 Å². The molecule has 1 N–H and O–H groups in total. The van der Waals surface area contributed by atoms with Crippen molar-refractivity contribution in [2.45, 2.75) is 46.0 Å². The van der Waals surface area contributed by atoms with Crippen molar-refractivity contribution in [3.63, 3.8) is 0 Å². The van der Waals surface area contributed by atoms with E-state index in [-0.39, 0.29) is 29.8 Å².